The van der Waals surface area contributed by atoms with Gasteiger partial charge in [0.2, 0.25) is 0 Å². The minimum Gasteiger partial charge on any atom is -0.493 e. The van der Waals surface area contributed by atoms with E-state index in [1.165, 1.54) is 0 Å². The van der Waals surface area contributed by atoms with Gasteiger partial charge in [-0.15, -0.1) is 0 Å². The van der Waals surface area contributed by atoms with Crippen LogP contribution in [0, 0.1) is 6.92 Å². The Bertz CT molecular complexity index is 698. The second kappa shape index (κ2) is 8.71. The van der Waals surface area contributed by atoms with Crippen molar-refractivity contribution >= 4 is 17.6 Å². The molecule has 0 aliphatic heterocycles. The molecule has 2 aromatic carbocycles. The number of para-hydroxylation sites is 1. The molecule has 2 rings (SSSR count). The van der Waals surface area contributed by atoms with E-state index in [-0.39, 0.29) is 12.2 Å². The monoisotopic (exact) mass is 348 g/mol. The maximum absolute atomic E-state index is 12.6. The first-order valence-electron chi connectivity index (χ1n) is 7.91. The van der Waals surface area contributed by atoms with Crippen LogP contribution in [0.1, 0.15) is 41.3 Å². The zero-order valence-electron chi connectivity index (χ0n) is 13.8. The Hall–Kier alpha value is -2.04. The fraction of sp³-hybridized carbons (Fsp3) is 0.316. The van der Waals surface area contributed by atoms with Gasteiger partial charge in [-0.3, -0.25) is 0 Å². The van der Waals surface area contributed by atoms with Crippen LogP contribution in [0.5, 0.6) is 11.5 Å². The van der Waals surface area contributed by atoms with Crippen molar-refractivity contribution in [2.24, 2.45) is 0 Å². The summed E-state index contributed by atoms with van der Waals surface area (Å²) in [6.07, 6.45) is 1.84. The Balaban J connectivity index is 2.37. The number of aliphatic hydroxyl groups is 1. The summed E-state index contributed by atoms with van der Waals surface area (Å²) in [7, 11) is 0. The number of ether oxygens (including phenoxy) is 2. The van der Waals surface area contributed by atoms with Gasteiger partial charge in [-0.2, -0.15) is 0 Å². The minimum absolute atomic E-state index is 0.224. The van der Waals surface area contributed by atoms with E-state index in [0.29, 0.717) is 34.3 Å². The zero-order valence-corrected chi connectivity index (χ0v) is 14.6. The molecule has 0 fully saturated rings. The predicted octanol–water partition coefficient (Wildman–Crippen LogP) is 4.54. The molecule has 2 aromatic rings. The smallest absolute Gasteiger partial charge is 0.347 e. The van der Waals surface area contributed by atoms with Gasteiger partial charge in [-0.05, 0) is 37.1 Å². The van der Waals surface area contributed by atoms with Crippen molar-refractivity contribution in [2.45, 2.75) is 33.3 Å². The third-order valence-corrected chi connectivity index (χ3v) is 4.15. The molecule has 0 aliphatic rings. The number of unbranched alkanes of at least 4 members (excludes halogenated alkanes) is 1. The van der Waals surface area contributed by atoms with E-state index in [0.717, 1.165) is 12.8 Å². The third kappa shape index (κ3) is 4.28. The molecule has 1 N–H and O–H groups in total. The van der Waals surface area contributed by atoms with Gasteiger partial charge < -0.3 is 14.6 Å². The molecular weight excluding hydrogens is 328 g/mol. The number of aliphatic hydroxyl groups excluding tert-OH is 1. The van der Waals surface area contributed by atoms with Crippen LogP contribution >= 0.6 is 11.6 Å². The number of esters is 1. The molecule has 0 bridgehead atoms. The fourth-order valence-electron chi connectivity index (χ4n) is 2.28. The van der Waals surface area contributed by atoms with Crippen LogP contribution in [0.2, 0.25) is 5.02 Å². The van der Waals surface area contributed by atoms with E-state index in [1.54, 1.807) is 37.3 Å². The third-order valence-electron chi connectivity index (χ3n) is 3.62. The van der Waals surface area contributed by atoms with E-state index < -0.39 is 5.97 Å². The maximum atomic E-state index is 12.6. The molecule has 0 heterocycles. The molecule has 0 spiro atoms. The number of carbonyl (C=O) groups excluding carboxylic acids is 1. The van der Waals surface area contributed by atoms with E-state index in [1.807, 2.05) is 6.07 Å². The highest BCUT2D eigenvalue weighted by Crippen LogP contribution is 2.33. The van der Waals surface area contributed by atoms with Gasteiger partial charge in [0, 0.05) is 5.56 Å². The predicted molar refractivity (Wildman–Crippen MR) is 93.9 cm³/mol. The highest BCUT2D eigenvalue weighted by atomic mass is 35.5. The average molecular weight is 349 g/mol. The van der Waals surface area contributed by atoms with Crippen molar-refractivity contribution in [1.29, 1.82) is 0 Å². The highest BCUT2D eigenvalue weighted by molar-refractivity contribution is 6.32. The first kappa shape index (κ1) is 18.3. The Morgan fingerprint density at radius 3 is 2.58 bits per heavy atom. The normalized spacial score (nSPS) is 10.5. The zero-order chi connectivity index (χ0) is 17.5. The van der Waals surface area contributed by atoms with Crippen molar-refractivity contribution in [1.82, 2.24) is 0 Å². The maximum Gasteiger partial charge on any atom is 0.347 e. The second-order valence-corrected chi connectivity index (χ2v) is 5.79. The van der Waals surface area contributed by atoms with Crippen LogP contribution in [-0.4, -0.2) is 17.7 Å². The van der Waals surface area contributed by atoms with Gasteiger partial charge in [0.1, 0.15) is 17.1 Å². The van der Waals surface area contributed by atoms with Crippen LogP contribution < -0.4 is 9.47 Å². The Labute approximate surface area is 147 Å². The van der Waals surface area contributed by atoms with Gasteiger partial charge in [-0.25, -0.2) is 4.79 Å². The van der Waals surface area contributed by atoms with Crippen molar-refractivity contribution in [3.63, 3.8) is 0 Å². The highest BCUT2D eigenvalue weighted by Gasteiger charge is 2.22. The number of halogens is 1. The van der Waals surface area contributed by atoms with Gasteiger partial charge in [0.25, 0.3) is 0 Å². The molecular formula is C19H21ClO4. The molecule has 0 unspecified atom stereocenters. The molecule has 0 radical (unpaired) electrons. The van der Waals surface area contributed by atoms with Crippen LogP contribution in [0.3, 0.4) is 0 Å². The van der Waals surface area contributed by atoms with E-state index in [2.05, 4.69) is 6.92 Å². The van der Waals surface area contributed by atoms with Crippen LogP contribution in [0.25, 0.3) is 0 Å². The van der Waals surface area contributed by atoms with Gasteiger partial charge in [0.15, 0.2) is 0 Å². The molecule has 0 atom stereocenters. The van der Waals surface area contributed by atoms with Gasteiger partial charge in [0.05, 0.1) is 18.2 Å². The quantitative estimate of drug-likeness (QED) is 0.453. The molecule has 128 valence electrons. The standard InChI is InChI=1S/C19H21ClO4/c1-3-4-10-23-16-11-14(12-21)18(20)13(2)17(16)19(22)24-15-8-6-5-7-9-15/h5-9,11,21H,3-4,10,12H2,1-2H3. The molecule has 0 saturated heterocycles. The summed E-state index contributed by atoms with van der Waals surface area (Å²) in [5, 5.41) is 9.79. The van der Waals surface area contributed by atoms with Crippen LogP contribution in [0.15, 0.2) is 36.4 Å². The summed E-state index contributed by atoms with van der Waals surface area (Å²) < 4.78 is 11.2. The molecule has 0 aromatic heterocycles. The van der Waals surface area contributed by atoms with Gasteiger partial charge in [-0.1, -0.05) is 43.1 Å². The topological polar surface area (TPSA) is 55.8 Å². The number of hydrogen-bond donors (Lipinski definition) is 1. The van der Waals surface area contributed by atoms with Crippen molar-refractivity contribution < 1.29 is 19.4 Å². The first-order valence-corrected chi connectivity index (χ1v) is 8.29. The molecule has 4 nitrogen and oxygen atoms in total. The number of carbonyl (C=O) groups is 1. The lowest BCUT2D eigenvalue weighted by molar-refractivity contribution is 0.0729. The lowest BCUT2D eigenvalue weighted by Gasteiger charge is -2.16. The van der Waals surface area contributed by atoms with Gasteiger partial charge >= 0.3 is 5.97 Å². The van der Waals surface area contributed by atoms with E-state index in [4.69, 9.17) is 21.1 Å². The molecule has 0 amide bonds. The minimum atomic E-state index is -0.531. The Kier molecular flexibility index (Phi) is 6.64. The average Bonchev–Trinajstić information content (AvgIpc) is 2.59. The second-order valence-electron chi connectivity index (χ2n) is 5.41. The van der Waals surface area contributed by atoms with Crippen molar-refractivity contribution in [3.05, 3.63) is 58.1 Å². The Morgan fingerprint density at radius 2 is 1.96 bits per heavy atom. The number of hydrogen-bond acceptors (Lipinski definition) is 4. The number of benzene rings is 2. The summed E-state index contributed by atoms with van der Waals surface area (Å²) in [5.41, 5.74) is 1.35. The van der Waals surface area contributed by atoms with E-state index >= 15 is 0 Å². The summed E-state index contributed by atoms with van der Waals surface area (Å²) in [6, 6.07) is 10.4. The van der Waals surface area contributed by atoms with Crippen molar-refractivity contribution in [2.75, 3.05) is 6.61 Å². The summed E-state index contributed by atoms with van der Waals surface area (Å²) in [4.78, 5) is 12.6. The first-order chi connectivity index (χ1) is 11.6. The molecule has 0 aliphatic carbocycles. The lowest BCUT2D eigenvalue weighted by Crippen LogP contribution is -2.14. The van der Waals surface area contributed by atoms with Crippen LogP contribution in [0.4, 0.5) is 0 Å². The van der Waals surface area contributed by atoms with Crippen LogP contribution in [-0.2, 0) is 6.61 Å². The fourth-order valence-corrected chi connectivity index (χ4v) is 2.49. The summed E-state index contributed by atoms with van der Waals surface area (Å²) in [5.74, 6) is 0.302. The SMILES string of the molecule is CCCCOc1cc(CO)c(Cl)c(C)c1C(=O)Oc1ccccc1. The molecule has 5 heteroatoms. The van der Waals surface area contributed by atoms with E-state index in [9.17, 15) is 9.90 Å². The largest absolute Gasteiger partial charge is 0.493 e. The summed E-state index contributed by atoms with van der Waals surface area (Å²) >= 11 is 6.26. The number of rotatable bonds is 7. The van der Waals surface area contributed by atoms with Crippen molar-refractivity contribution in [3.8, 4) is 11.5 Å². The molecule has 0 saturated carbocycles. The Morgan fingerprint density at radius 1 is 1.25 bits per heavy atom. The molecule has 24 heavy (non-hydrogen) atoms. The lowest BCUT2D eigenvalue weighted by atomic mass is 10.0. The summed E-state index contributed by atoms with van der Waals surface area (Å²) in [6.45, 7) is 4.03.